The summed E-state index contributed by atoms with van der Waals surface area (Å²) >= 11 is 0. The Balaban J connectivity index is 1.77. The highest BCUT2D eigenvalue weighted by Gasteiger charge is 2.30. The molecule has 6 nitrogen and oxygen atoms in total. The number of anilines is 2. The number of ether oxygens (including phenoxy) is 2. The second-order valence-corrected chi connectivity index (χ2v) is 8.64. The fourth-order valence-electron chi connectivity index (χ4n) is 4.02. The Kier molecular flexibility index (Phi) is 7.73. The average molecular weight is 472 g/mol. The molecule has 0 unspecified atom stereocenters. The van der Waals surface area contributed by atoms with Crippen LogP contribution >= 0.6 is 0 Å². The highest BCUT2D eigenvalue weighted by atomic mass is 16.5. The number of carbonyl (C=O) groups excluding carboxylic acids is 1. The maximum atomic E-state index is 13.3. The summed E-state index contributed by atoms with van der Waals surface area (Å²) in [6.07, 6.45) is 0. The quantitative estimate of drug-likeness (QED) is 0.321. The highest BCUT2D eigenvalue weighted by Crippen LogP contribution is 2.43. The molecule has 0 bridgehead atoms. The number of fused-ring (bicyclic) bond motifs is 1. The summed E-state index contributed by atoms with van der Waals surface area (Å²) in [6.45, 7) is 9.94. The number of carbonyl (C=O) groups is 1. The summed E-state index contributed by atoms with van der Waals surface area (Å²) in [4.78, 5) is 13.3. The molecule has 3 N–H and O–H groups in total. The predicted molar refractivity (Wildman–Crippen MR) is 143 cm³/mol. The van der Waals surface area contributed by atoms with E-state index in [-0.39, 0.29) is 5.91 Å². The fraction of sp³-hybridized carbons (Fsp3) is 0.276. The van der Waals surface area contributed by atoms with E-state index in [0.29, 0.717) is 42.0 Å². The molecule has 4 rings (SSSR count). The summed E-state index contributed by atoms with van der Waals surface area (Å²) in [7, 11) is 0. The van der Waals surface area contributed by atoms with Crippen LogP contribution in [0.4, 0.5) is 11.4 Å². The lowest BCUT2D eigenvalue weighted by atomic mass is 9.99. The van der Waals surface area contributed by atoms with Crippen LogP contribution in [0.25, 0.3) is 11.3 Å². The van der Waals surface area contributed by atoms with Crippen LogP contribution in [0.3, 0.4) is 0 Å². The first-order valence-electron chi connectivity index (χ1n) is 12.1. The Hall–Kier alpha value is -3.77. The van der Waals surface area contributed by atoms with Crippen LogP contribution in [0.15, 0.2) is 66.7 Å². The van der Waals surface area contributed by atoms with Gasteiger partial charge in [0.25, 0.3) is 5.91 Å². The zero-order chi connectivity index (χ0) is 24.8. The van der Waals surface area contributed by atoms with E-state index in [2.05, 4.69) is 41.9 Å². The monoisotopic (exact) mass is 471 g/mol. The third-order valence-corrected chi connectivity index (χ3v) is 5.68. The van der Waals surface area contributed by atoms with Gasteiger partial charge in [0.1, 0.15) is 0 Å². The molecule has 35 heavy (non-hydrogen) atoms. The minimum Gasteiger partial charge on any atom is -0.490 e. The Morgan fingerprint density at radius 2 is 1.57 bits per heavy atom. The molecule has 0 spiro atoms. The van der Waals surface area contributed by atoms with Crippen molar-refractivity contribution in [2.45, 2.75) is 40.3 Å². The molecule has 3 aromatic rings. The largest absolute Gasteiger partial charge is 0.490 e. The van der Waals surface area contributed by atoms with Crippen LogP contribution in [0, 0.1) is 0 Å². The van der Waals surface area contributed by atoms with Crippen LogP contribution in [0.5, 0.6) is 11.5 Å². The first-order chi connectivity index (χ1) is 17.0. The first kappa shape index (κ1) is 24.4. The molecule has 3 aromatic carbocycles. The lowest BCUT2D eigenvalue weighted by Crippen LogP contribution is -2.21. The molecule has 0 atom stereocenters. The molecule has 0 saturated heterocycles. The maximum absolute atomic E-state index is 13.3. The van der Waals surface area contributed by atoms with E-state index in [1.807, 2.05) is 68.4 Å². The average Bonchev–Trinajstić information content (AvgIpc) is 3.17. The van der Waals surface area contributed by atoms with Crippen molar-refractivity contribution in [3.05, 3.63) is 83.4 Å². The van der Waals surface area contributed by atoms with Gasteiger partial charge in [0.05, 0.1) is 30.2 Å². The molecule has 0 fully saturated rings. The van der Waals surface area contributed by atoms with Gasteiger partial charge in [-0.05, 0) is 43.2 Å². The number of hydrogen-bond donors (Lipinski definition) is 3. The van der Waals surface area contributed by atoms with Gasteiger partial charge in [-0.15, -0.1) is 0 Å². The fourth-order valence-corrected chi connectivity index (χ4v) is 4.02. The smallest absolute Gasteiger partial charge is 0.258 e. The van der Waals surface area contributed by atoms with Gasteiger partial charge in [0, 0.05) is 29.9 Å². The van der Waals surface area contributed by atoms with E-state index < -0.39 is 0 Å². The number of amides is 1. The number of benzene rings is 3. The van der Waals surface area contributed by atoms with Crippen molar-refractivity contribution < 1.29 is 14.3 Å². The molecular formula is C29H33N3O3. The van der Waals surface area contributed by atoms with Crippen molar-refractivity contribution in [1.82, 2.24) is 5.32 Å². The van der Waals surface area contributed by atoms with Crippen LogP contribution in [0.2, 0.25) is 0 Å². The van der Waals surface area contributed by atoms with Gasteiger partial charge in [-0.25, -0.2) is 0 Å². The number of hydrogen-bond acceptors (Lipinski definition) is 5. The van der Waals surface area contributed by atoms with Gasteiger partial charge in [-0.1, -0.05) is 56.3 Å². The SMILES string of the molecule is CCOc1cc2c(cc1OCC)/C(=C(/Nc1ccc(CNC(C)C)cc1)c1ccccc1)C(=O)N2. The molecule has 1 amide bonds. The molecule has 0 saturated carbocycles. The summed E-state index contributed by atoms with van der Waals surface area (Å²) < 4.78 is 11.6. The van der Waals surface area contributed by atoms with Gasteiger partial charge < -0.3 is 25.4 Å². The summed E-state index contributed by atoms with van der Waals surface area (Å²) in [6, 6.07) is 22.3. The van der Waals surface area contributed by atoms with Gasteiger partial charge in [0.15, 0.2) is 11.5 Å². The molecule has 0 radical (unpaired) electrons. The standard InChI is InChI=1S/C29H33N3O3/c1-5-34-25-16-23-24(17-26(25)35-6-2)32-29(33)27(23)28(21-10-8-7-9-11-21)31-22-14-12-20(13-15-22)18-30-19(3)4/h7-17,19,30-31H,5-6,18H2,1-4H3,(H,32,33)/b28-27-. The van der Waals surface area contributed by atoms with Gasteiger partial charge in [-0.3, -0.25) is 4.79 Å². The molecule has 1 aliphatic heterocycles. The van der Waals surface area contributed by atoms with Crippen molar-refractivity contribution >= 4 is 28.6 Å². The van der Waals surface area contributed by atoms with E-state index in [0.717, 1.165) is 29.1 Å². The Bertz CT molecular complexity index is 1200. The minimum absolute atomic E-state index is 0.166. The number of rotatable bonds is 10. The summed E-state index contributed by atoms with van der Waals surface area (Å²) in [5, 5.41) is 9.96. The van der Waals surface area contributed by atoms with Crippen molar-refractivity contribution in [2.24, 2.45) is 0 Å². The van der Waals surface area contributed by atoms with E-state index in [1.165, 1.54) is 5.56 Å². The van der Waals surface area contributed by atoms with Gasteiger partial charge in [0.2, 0.25) is 0 Å². The second kappa shape index (κ2) is 11.1. The van der Waals surface area contributed by atoms with Crippen LogP contribution in [-0.2, 0) is 11.3 Å². The van der Waals surface area contributed by atoms with Gasteiger partial charge >= 0.3 is 0 Å². The minimum atomic E-state index is -0.166. The maximum Gasteiger partial charge on any atom is 0.258 e. The Morgan fingerprint density at radius 1 is 0.914 bits per heavy atom. The van der Waals surface area contributed by atoms with Crippen molar-refractivity contribution in [3.63, 3.8) is 0 Å². The Labute approximate surface area is 207 Å². The Morgan fingerprint density at radius 3 is 2.20 bits per heavy atom. The topological polar surface area (TPSA) is 71.6 Å². The lowest BCUT2D eigenvalue weighted by Gasteiger charge is -2.16. The van der Waals surface area contributed by atoms with E-state index >= 15 is 0 Å². The zero-order valence-corrected chi connectivity index (χ0v) is 20.8. The van der Waals surface area contributed by atoms with Crippen LogP contribution in [-0.4, -0.2) is 25.2 Å². The predicted octanol–water partition coefficient (Wildman–Crippen LogP) is 5.91. The third-order valence-electron chi connectivity index (χ3n) is 5.68. The lowest BCUT2D eigenvalue weighted by molar-refractivity contribution is -0.110. The van der Waals surface area contributed by atoms with Crippen molar-refractivity contribution in [1.29, 1.82) is 0 Å². The normalized spacial score (nSPS) is 13.9. The molecule has 0 aromatic heterocycles. The highest BCUT2D eigenvalue weighted by molar-refractivity contribution is 6.37. The van der Waals surface area contributed by atoms with E-state index in [1.54, 1.807) is 0 Å². The van der Waals surface area contributed by atoms with Crippen molar-refractivity contribution in [3.8, 4) is 11.5 Å². The molecule has 182 valence electrons. The number of nitrogens with one attached hydrogen (secondary N) is 3. The van der Waals surface area contributed by atoms with Crippen LogP contribution < -0.4 is 25.4 Å². The van der Waals surface area contributed by atoms with E-state index in [9.17, 15) is 4.79 Å². The molecular weight excluding hydrogens is 438 g/mol. The molecule has 1 heterocycles. The zero-order valence-electron chi connectivity index (χ0n) is 20.8. The summed E-state index contributed by atoms with van der Waals surface area (Å²) in [5.41, 5.74) is 5.83. The first-order valence-corrected chi connectivity index (χ1v) is 12.1. The molecule has 6 heteroatoms. The molecule has 1 aliphatic rings. The molecule has 0 aliphatic carbocycles. The third kappa shape index (κ3) is 5.66. The van der Waals surface area contributed by atoms with Crippen LogP contribution in [0.1, 0.15) is 44.4 Å². The van der Waals surface area contributed by atoms with E-state index in [4.69, 9.17) is 9.47 Å². The summed E-state index contributed by atoms with van der Waals surface area (Å²) in [5.74, 6) is 1.08. The van der Waals surface area contributed by atoms with Crippen molar-refractivity contribution in [2.75, 3.05) is 23.8 Å². The second-order valence-electron chi connectivity index (χ2n) is 8.64. The van der Waals surface area contributed by atoms with Gasteiger partial charge in [-0.2, -0.15) is 0 Å².